The minimum absolute atomic E-state index is 0.135. The molecule has 3 aromatic heterocycles. The summed E-state index contributed by atoms with van der Waals surface area (Å²) in [6.45, 7) is 7.87. The van der Waals surface area contributed by atoms with Crippen LogP contribution in [0.1, 0.15) is 36.0 Å². The zero-order chi connectivity index (χ0) is 37.1. The van der Waals surface area contributed by atoms with E-state index in [-0.39, 0.29) is 12.6 Å². The third-order valence-electron chi connectivity index (χ3n) is 7.71. The Bertz CT molecular complexity index is 1370. The van der Waals surface area contributed by atoms with E-state index in [0.29, 0.717) is 19.3 Å². The second kappa shape index (κ2) is 26.4. The summed E-state index contributed by atoms with van der Waals surface area (Å²) < 4.78 is 4.84. The fraction of sp³-hybridized carbons (Fsp3) is 0.395. The topological polar surface area (TPSA) is 173 Å². The van der Waals surface area contributed by atoms with E-state index in [1.54, 1.807) is 31.3 Å². The number of pyridine rings is 3. The van der Waals surface area contributed by atoms with E-state index in [1.807, 2.05) is 55.0 Å². The fourth-order valence-corrected chi connectivity index (χ4v) is 4.97. The molecule has 1 unspecified atom stereocenters. The van der Waals surface area contributed by atoms with Gasteiger partial charge in [0.1, 0.15) is 6.29 Å². The van der Waals surface area contributed by atoms with Gasteiger partial charge in [-0.3, -0.25) is 29.5 Å². The number of carbonyl (C=O) groups is 2. The van der Waals surface area contributed by atoms with Gasteiger partial charge in [-0.1, -0.05) is 37.3 Å². The molecule has 4 heterocycles. The number of hydrogen-bond donors (Lipinski definition) is 5. The average Bonchev–Trinajstić information content (AvgIpc) is 3.18. The first-order valence-corrected chi connectivity index (χ1v) is 16.9. The maximum absolute atomic E-state index is 10.1. The first-order chi connectivity index (χ1) is 24.9. The standard InChI is InChI=1S/C22H27N5.C9H9NO2.C6H13NO3.CH4O/c1-2-26(17-20-9-3-6-12-23-20)15-16-27(18-21-10-4-7-13-24-21)19-22-11-5-8-14-25-22;11-6-5-8-1-3-9(4-2-8)10-7-12;1-7-5-2-4(8)3-10-6(5)9;1-2/h3-14H,2,15-19H2,1H3;1-4,6-7H,5H2,(H,10,12);4-9H,2-3H2,1H3;2H,1H3/t;;4-,5+,6?;/m..0./s1. The van der Waals surface area contributed by atoms with Crippen LogP contribution in [0.15, 0.2) is 97.5 Å². The minimum Gasteiger partial charge on any atom is -0.400 e. The van der Waals surface area contributed by atoms with E-state index in [2.05, 4.69) is 60.5 Å². The lowest BCUT2D eigenvalue weighted by Gasteiger charge is -2.30. The Balaban J connectivity index is 0.000000309. The van der Waals surface area contributed by atoms with Crippen molar-refractivity contribution in [1.82, 2.24) is 30.1 Å². The van der Waals surface area contributed by atoms with E-state index in [0.717, 1.165) is 81.0 Å². The summed E-state index contributed by atoms with van der Waals surface area (Å²) >= 11 is 0. The molecule has 0 radical (unpaired) electrons. The first-order valence-electron chi connectivity index (χ1n) is 16.9. The molecule has 0 saturated carbocycles. The number of benzene rings is 1. The number of nitrogens with zero attached hydrogens (tertiary/aromatic N) is 5. The van der Waals surface area contributed by atoms with E-state index in [4.69, 9.17) is 20.1 Å². The fourth-order valence-electron chi connectivity index (χ4n) is 4.97. The molecule has 1 aliphatic heterocycles. The van der Waals surface area contributed by atoms with Crippen LogP contribution in [0.2, 0.25) is 0 Å². The number of aromatic nitrogens is 3. The van der Waals surface area contributed by atoms with Crippen LogP contribution < -0.4 is 10.6 Å². The molecular weight excluding hydrogens is 650 g/mol. The number of nitrogens with one attached hydrogen (secondary N) is 2. The van der Waals surface area contributed by atoms with Crippen LogP contribution in [0.4, 0.5) is 5.69 Å². The zero-order valence-corrected chi connectivity index (χ0v) is 29.8. The molecule has 1 aromatic carbocycles. The Morgan fingerprint density at radius 2 is 1.29 bits per heavy atom. The molecule has 51 heavy (non-hydrogen) atoms. The number of ether oxygens (including phenoxy) is 1. The lowest BCUT2D eigenvalue weighted by atomic mass is 10.1. The first kappa shape index (κ1) is 42.7. The van der Waals surface area contributed by atoms with Crippen molar-refractivity contribution in [1.29, 1.82) is 0 Å². The molecule has 1 aliphatic rings. The highest BCUT2D eigenvalue weighted by molar-refractivity contribution is 5.71. The summed E-state index contributed by atoms with van der Waals surface area (Å²) in [6.07, 6.45) is 6.80. The van der Waals surface area contributed by atoms with Gasteiger partial charge in [0.15, 0.2) is 6.29 Å². The Kier molecular flexibility index (Phi) is 22.1. The molecule has 276 valence electrons. The van der Waals surface area contributed by atoms with Crippen LogP contribution >= 0.6 is 0 Å². The zero-order valence-electron chi connectivity index (χ0n) is 29.8. The SMILES string of the molecule is CCN(CCN(Cc1ccccn1)Cc1ccccn1)Cc1ccccn1.CN[C@@H]1C[C@H](O)COC1O.CO.O=CCc1ccc(NC=O)cc1. The van der Waals surface area contributed by atoms with Gasteiger partial charge in [0.25, 0.3) is 0 Å². The minimum atomic E-state index is -0.770. The number of carbonyl (C=O) groups excluding carboxylic acids is 2. The molecule has 3 atom stereocenters. The van der Waals surface area contributed by atoms with Gasteiger partial charge in [-0.2, -0.15) is 0 Å². The van der Waals surface area contributed by atoms with Crippen molar-refractivity contribution in [2.24, 2.45) is 0 Å². The highest BCUT2D eigenvalue weighted by atomic mass is 16.6. The summed E-state index contributed by atoms with van der Waals surface area (Å²) in [5, 5.41) is 30.5. The van der Waals surface area contributed by atoms with E-state index >= 15 is 0 Å². The summed E-state index contributed by atoms with van der Waals surface area (Å²) in [5.41, 5.74) is 4.96. The normalized spacial score (nSPS) is 16.4. The van der Waals surface area contributed by atoms with Crippen molar-refractivity contribution in [3.8, 4) is 0 Å². The third kappa shape index (κ3) is 17.8. The van der Waals surface area contributed by atoms with Gasteiger partial charge in [-0.05, 0) is 74.1 Å². The number of anilines is 1. The quantitative estimate of drug-likeness (QED) is 0.115. The average molecular weight is 704 g/mol. The molecule has 13 nitrogen and oxygen atoms in total. The van der Waals surface area contributed by atoms with Crippen molar-refractivity contribution >= 4 is 18.4 Å². The van der Waals surface area contributed by atoms with Gasteiger partial charge in [-0.25, -0.2) is 0 Å². The van der Waals surface area contributed by atoms with Gasteiger partial charge in [0, 0.05) is 70.5 Å². The Labute approximate surface area is 301 Å². The van der Waals surface area contributed by atoms with Crippen LogP contribution in [-0.2, 0) is 40.4 Å². The van der Waals surface area contributed by atoms with Gasteiger partial charge in [-0.15, -0.1) is 0 Å². The third-order valence-corrected chi connectivity index (χ3v) is 7.71. The van der Waals surface area contributed by atoms with Gasteiger partial charge < -0.3 is 35.5 Å². The van der Waals surface area contributed by atoms with Crippen molar-refractivity contribution in [3.63, 3.8) is 0 Å². The van der Waals surface area contributed by atoms with Crippen LogP contribution in [0, 0.1) is 0 Å². The van der Waals surface area contributed by atoms with Crippen molar-refractivity contribution in [3.05, 3.63) is 120 Å². The Morgan fingerprint density at radius 1 is 0.784 bits per heavy atom. The largest absolute Gasteiger partial charge is 0.400 e. The molecule has 4 aromatic rings. The lowest BCUT2D eigenvalue weighted by molar-refractivity contribution is -0.171. The Hall–Kier alpha value is -4.47. The number of aliphatic hydroxyl groups excluding tert-OH is 3. The summed E-state index contributed by atoms with van der Waals surface area (Å²) in [5.74, 6) is 0. The van der Waals surface area contributed by atoms with Gasteiger partial charge in [0.05, 0.1) is 35.8 Å². The monoisotopic (exact) mass is 703 g/mol. The molecule has 5 rings (SSSR count). The number of aliphatic hydroxyl groups is 3. The number of hydrogen-bond acceptors (Lipinski definition) is 12. The van der Waals surface area contributed by atoms with E-state index < -0.39 is 12.4 Å². The number of rotatable bonds is 15. The molecule has 0 bridgehead atoms. The maximum Gasteiger partial charge on any atom is 0.211 e. The predicted octanol–water partition coefficient (Wildman–Crippen LogP) is 2.67. The molecule has 0 spiro atoms. The summed E-state index contributed by atoms with van der Waals surface area (Å²) in [6, 6.07) is 25.2. The van der Waals surface area contributed by atoms with Gasteiger partial charge >= 0.3 is 0 Å². The Morgan fingerprint density at radius 3 is 1.71 bits per heavy atom. The second-order valence-corrected chi connectivity index (χ2v) is 11.4. The van der Waals surface area contributed by atoms with Crippen molar-refractivity contribution in [2.45, 2.75) is 57.8 Å². The number of amides is 1. The van der Waals surface area contributed by atoms with Crippen LogP contribution in [-0.4, -0.2) is 112 Å². The molecule has 1 saturated heterocycles. The van der Waals surface area contributed by atoms with Crippen molar-refractivity contribution < 1.29 is 29.6 Å². The summed E-state index contributed by atoms with van der Waals surface area (Å²) in [7, 11) is 2.73. The predicted molar refractivity (Wildman–Crippen MR) is 197 cm³/mol. The molecule has 1 amide bonds. The molecule has 0 aliphatic carbocycles. The number of aldehydes is 1. The van der Waals surface area contributed by atoms with Crippen LogP contribution in [0.3, 0.4) is 0 Å². The van der Waals surface area contributed by atoms with E-state index in [9.17, 15) is 9.59 Å². The van der Waals surface area contributed by atoms with Crippen LogP contribution in [0.25, 0.3) is 0 Å². The molecular formula is C38H53N7O6. The highest BCUT2D eigenvalue weighted by Crippen LogP contribution is 2.12. The second-order valence-electron chi connectivity index (χ2n) is 11.4. The van der Waals surface area contributed by atoms with Gasteiger partial charge in [0.2, 0.25) is 6.41 Å². The smallest absolute Gasteiger partial charge is 0.211 e. The number of likely N-dealkylation sites (N-methyl/N-ethyl adjacent to an activating group) is 2. The molecule has 1 fully saturated rings. The maximum atomic E-state index is 10.1. The molecule has 5 N–H and O–H groups in total. The summed E-state index contributed by atoms with van der Waals surface area (Å²) in [4.78, 5) is 38.4. The molecule has 13 heteroatoms. The van der Waals surface area contributed by atoms with Crippen molar-refractivity contribution in [2.75, 3.05) is 45.7 Å². The highest BCUT2D eigenvalue weighted by Gasteiger charge is 2.27. The van der Waals surface area contributed by atoms with Crippen LogP contribution in [0.5, 0.6) is 0 Å². The van der Waals surface area contributed by atoms with E-state index in [1.165, 1.54) is 0 Å². The lowest BCUT2D eigenvalue weighted by Crippen LogP contribution is -2.47.